The molecule has 3 bridgehead atoms. The van der Waals surface area contributed by atoms with Crippen LogP contribution in [0.15, 0.2) is 0 Å². The number of rotatable bonds is 0. The van der Waals surface area contributed by atoms with E-state index in [1.807, 2.05) is 0 Å². The summed E-state index contributed by atoms with van der Waals surface area (Å²) in [5.74, 6) is -0.646. The normalized spacial score (nSPS) is 63.3. The van der Waals surface area contributed by atoms with Crippen LogP contribution in [0.5, 0.6) is 0 Å². The molecule has 0 unspecified atom stereocenters. The smallest absolute Gasteiger partial charge is 0.199 e. The van der Waals surface area contributed by atoms with E-state index in [0.717, 1.165) is 12.8 Å². The molecule has 114 valence electrons. The second kappa shape index (κ2) is 3.62. The van der Waals surface area contributed by atoms with E-state index >= 15 is 0 Å². The third-order valence-electron chi connectivity index (χ3n) is 6.10. The van der Waals surface area contributed by atoms with Crippen molar-refractivity contribution in [3.05, 3.63) is 0 Å². The molecule has 4 nitrogen and oxygen atoms in total. The van der Waals surface area contributed by atoms with Crippen LogP contribution < -0.4 is 0 Å². The van der Waals surface area contributed by atoms with Crippen molar-refractivity contribution < 1.29 is 19.3 Å². The van der Waals surface area contributed by atoms with Gasteiger partial charge in [-0.1, -0.05) is 15.9 Å². The van der Waals surface area contributed by atoms with Crippen LogP contribution in [0.2, 0.25) is 0 Å². The van der Waals surface area contributed by atoms with Gasteiger partial charge in [-0.05, 0) is 34.1 Å². The lowest BCUT2D eigenvalue weighted by atomic mass is 9.64. The summed E-state index contributed by atoms with van der Waals surface area (Å²) < 4.78 is 19.3. The average Bonchev–Trinajstić information content (AvgIpc) is 2.51. The predicted octanol–water partition coefficient (Wildman–Crippen LogP) is 2.36. The van der Waals surface area contributed by atoms with Crippen molar-refractivity contribution in [1.29, 1.82) is 0 Å². The van der Waals surface area contributed by atoms with Gasteiger partial charge in [0.1, 0.15) is 5.60 Å². The molecule has 3 aliphatic heterocycles. The lowest BCUT2D eigenvalue weighted by molar-refractivity contribution is -0.372. The van der Waals surface area contributed by atoms with Crippen molar-refractivity contribution >= 4 is 15.9 Å². The Morgan fingerprint density at radius 2 is 1.80 bits per heavy atom. The quantitative estimate of drug-likeness (QED) is 0.684. The van der Waals surface area contributed by atoms with Crippen LogP contribution in [0.3, 0.4) is 0 Å². The molecule has 0 aromatic carbocycles. The second-order valence-electron chi connectivity index (χ2n) is 7.87. The Labute approximate surface area is 128 Å². The van der Waals surface area contributed by atoms with E-state index < -0.39 is 11.4 Å². The third-order valence-corrected chi connectivity index (χ3v) is 7.53. The van der Waals surface area contributed by atoms with Crippen molar-refractivity contribution in [3.63, 3.8) is 0 Å². The maximum absolute atomic E-state index is 10.6. The highest BCUT2D eigenvalue weighted by Crippen LogP contribution is 2.65. The van der Waals surface area contributed by atoms with Crippen LogP contribution in [-0.2, 0) is 14.2 Å². The Morgan fingerprint density at radius 3 is 2.50 bits per heavy atom. The molecule has 0 amide bonds. The first kappa shape index (κ1) is 13.9. The lowest BCUT2D eigenvalue weighted by Gasteiger charge is -2.60. The summed E-state index contributed by atoms with van der Waals surface area (Å²) in [6, 6.07) is 0. The third kappa shape index (κ3) is 1.42. The van der Waals surface area contributed by atoms with Gasteiger partial charge in [0.2, 0.25) is 0 Å². The number of aliphatic hydroxyl groups excluding tert-OH is 1. The fourth-order valence-electron chi connectivity index (χ4n) is 4.87. The SMILES string of the molecule is CC1(C)O[C@@]2(C)[C@H]3C[C@H]4O[C@@]2(C[C@H]1Br)O[C@@]4(C)C[C@@H]3O. The van der Waals surface area contributed by atoms with Crippen LogP contribution in [-0.4, -0.2) is 44.7 Å². The zero-order valence-electron chi connectivity index (χ0n) is 12.5. The van der Waals surface area contributed by atoms with Crippen LogP contribution in [0.25, 0.3) is 0 Å². The summed E-state index contributed by atoms with van der Waals surface area (Å²) in [6.45, 7) is 8.31. The van der Waals surface area contributed by atoms with Crippen molar-refractivity contribution in [2.75, 3.05) is 0 Å². The van der Waals surface area contributed by atoms with Gasteiger partial charge in [-0.3, -0.25) is 0 Å². The van der Waals surface area contributed by atoms with E-state index in [-0.39, 0.29) is 34.2 Å². The van der Waals surface area contributed by atoms with Gasteiger partial charge in [0.15, 0.2) is 5.79 Å². The minimum Gasteiger partial charge on any atom is -0.393 e. The molecule has 0 aromatic rings. The number of ether oxygens (including phenoxy) is 3. The van der Waals surface area contributed by atoms with Crippen LogP contribution in [0.1, 0.15) is 47.0 Å². The van der Waals surface area contributed by atoms with Gasteiger partial charge in [0, 0.05) is 23.6 Å². The van der Waals surface area contributed by atoms with Crippen molar-refractivity contribution in [3.8, 4) is 0 Å². The highest BCUT2D eigenvalue weighted by Gasteiger charge is 2.76. The van der Waals surface area contributed by atoms with Gasteiger partial charge in [-0.25, -0.2) is 0 Å². The molecule has 0 radical (unpaired) electrons. The minimum absolute atomic E-state index is 0.0773. The number of fused-ring (bicyclic) bond motifs is 2. The maximum atomic E-state index is 10.6. The molecule has 4 rings (SSSR count). The summed E-state index contributed by atoms with van der Waals surface area (Å²) in [7, 11) is 0. The van der Waals surface area contributed by atoms with Gasteiger partial charge in [-0.15, -0.1) is 0 Å². The molecule has 3 saturated heterocycles. The summed E-state index contributed by atoms with van der Waals surface area (Å²) in [5.41, 5.74) is -1.28. The Bertz CT molecular complexity index is 469. The molecule has 1 spiro atoms. The molecule has 1 saturated carbocycles. The topological polar surface area (TPSA) is 47.9 Å². The van der Waals surface area contributed by atoms with Gasteiger partial charge in [-0.2, -0.15) is 0 Å². The Morgan fingerprint density at radius 1 is 1.10 bits per heavy atom. The molecule has 1 N–H and O–H groups in total. The molecular weight excluding hydrogens is 324 g/mol. The van der Waals surface area contributed by atoms with E-state index in [9.17, 15) is 5.11 Å². The molecule has 0 aromatic heterocycles. The largest absolute Gasteiger partial charge is 0.393 e. The van der Waals surface area contributed by atoms with E-state index in [4.69, 9.17) is 14.2 Å². The fourth-order valence-corrected chi connectivity index (χ4v) is 5.39. The molecule has 7 atom stereocenters. The summed E-state index contributed by atoms with van der Waals surface area (Å²) in [4.78, 5) is 0.167. The van der Waals surface area contributed by atoms with E-state index in [2.05, 4.69) is 43.6 Å². The monoisotopic (exact) mass is 346 g/mol. The highest BCUT2D eigenvalue weighted by molar-refractivity contribution is 9.09. The Kier molecular flexibility index (Phi) is 2.52. The summed E-state index contributed by atoms with van der Waals surface area (Å²) in [6.07, 6.45) is 1.91. The van der Waals surface area contributed by atoms with Crippen LogP contribution in [0, 0.1) is 5.92 Å². The van der Waals surface area contributed by atoms with Crippen LogP contribution >= 0.6 is 15.9 Å². The first-order valence-corrected chi connectivity index (χ1v) is 8.44. The molecule has 4 aliphatic rings. The number of alkyl halides is 1. The Balaban J connectivity index is 1.85. The number of aliphatic hydroxyl groups is 1. The van der Waals surface area contributed by atoms with E-state index in [0.29, 0.717) is 6.42 Å². The first-order chi connectivity index (χ1) is 9.12. The van der Waals surface area contributed by atoms with Crippen molar-refractivity contribution in [2.45, 2.75) is 86.6 Å². The van der Waals surface area contributed by atoms with Gasteiger partial charge in [0.25, 0.3) is 0 Å². The molecule has 5 heteroatoms. The van der Waals surface area contributed by atoms with Gasteiger partial charge in [0.05, 0.1) is 23.4 Å². The molecule has 3 heterocycles. The van der Waals surface area contributed by atoms with Gasteiger partial charge < -0.3 is 19.3 Å². The number of hydrogen-bond acceptors (Lipinski definition) is 4. The second-order valence-corrected chi connectivity index (χ2v) is 8.98. The summed E-state index contributed by atoms with van der Waals surface area (Å²) in [5, 5.41) is 10.6. The molecular formula is C15H23BrO4. The fraction of sp³-hybridized carbons (Fsp3) is 1.00. The Hall–Kier alpha value is 0.320. The first-order valence-electron chi connectivity index (χ1n) is 7.52. The maximum Gasteiger partial charge on any atom is 0.199 e. The zero-order valence-corrected chi connectivity index (χ0v) is 14.1. The predicted molar refractivity (Wildman–Crippen MR) is 76.7 cm³/mol. The standard InChI is InChI=1S/C15H23BrO4/c1-12(2)10(16)7-15-14(4,19-12)8-5-11(18-15)13(3,20-15)6-9(8)17/h8-11,17H,5-7H2,1-4H3/t8-,9-,10+,11+,13-,14-,15-/m0/s1. The van der Waals surface area contributed by atoms with E-state index in [1.165, 1.54) is 0 Å². The summed E-state index contributed by atoms with van der Waals surface area (Å²) >= 11 is 3.74. The zero-order chi connectivity index (χ0) is 14.6. The van der Waals surface area contributed by atoms with E-state index in [1.54, 1.807) is 0 Å². The molecule has 20 heavy (non-hydrogen) atoms. The number of halogens is 1. The number of hydrogen-bond donors (Lipinski definition) is 1. The average molecular weight is 347 g/mol. The highest BCUT2D eigenvalue weighted by atomic mass is 79.9. The van der Waals surface area contributed by atoms with Crippen molar-refractivity contribution in [2.24, 2.45) is 5.92 Å². The van der Waals surface area contributed by atoms with Crippen molar-refractivity contribution in [1.82, 2.24) is 0 Å². The minimum atomic E-state index is -0.726. The molecule has 1 aliphatic carbocycles. The van der Waals surface area contributed by atoms with Gasteiger partial charge >= 0.3 is 0 Å². The lowest BCUT2D eigenvalue weighted by Crippen LogP contribution is -2.71. The molecule has 4 fully saturated rings. The van der Waals surface area contributed by atoms with Crippen LogP contribution in [0.4, 0.5) is 0 Å².